The van der Waals surface area contributed by atoms with E-state index in [-0.39, 0.29) is 12.1 Å². The van der Waals surface area contributed by atoms with Gasteiger partial charge >= 0.3 is 0 Å². The third-order valence-corrected chi connectivity index (χ3v) is 4.43. The van der Waals surface area contributed by atoms with Crippen LogP contribution in [0.5, 0.6) is 0 Å². The first-order valence-electron chi connectivity index (χ1n) is 6.44. The lowest BCUT2D eigenvalue weighted by molar-refractivity contribution is -0.0441. The van der Waals surface area contributed by atoms with Gasteiger partial charge in [-0.2, -0.15) is 0 Å². The van der Waals surface area contributed by atoms with E-state index in [1.54, 1.807) is 0 Å². The van der Waals surface area contributed by atoms with E-state index in [0.717, 1.165) is 32.2 Å². The van der Waals surface area contributed by atoms with Gasteiger partial charge in [0, 0.05) is 25.2 Å². The predicted molar refractivity (Wildman–Crippen MR) is 67.8 cm³/mol. The van der Waals surface area contributed by atoms with Crippen LogP contribution in [0.3, 0.4) is 0 Å². The number of hydrogen-bond acceptors (Lipinski definition) is 5. The fourth-order valence-electron chi connectivity index (χ4n) is 2.87. The minimum absolute atomic E-state index is 0.0434. The Morgan fingerprint density at radius 3 is 2.56 bits per heavy atom. The van der Waals surface area contributed by atoms with Gasteiger partial charge < -0.3 is 9.84 Å². The highest BCUT2D eigenvalue weighted by atomic mass is 32.2. The largest absolute Gasteiger partial charge is 0.390 e. The Hall–Kier alpha value is -0.210. The minimum Gasteiger partial charge on any atom is -0.390 e. The molecule has 2 aliphatic rings. The van der Waals surface area contributed by atoms with Gasteiger partial charge in [-0.1, -0.05) is 6.42 Å². The van der Waals surface area contributed by atoms with Crippen molar-refractivity contribution in [2.45, 2.75) is 37.5 Å². The zero-order chi connectivity index (χ0) is 13.2. The van der Waals surface area contributed by atoms with E-state index < -0.39 is 16.1 Å². The smallest absolute Gasteiger partial charge is 0.209 e. The van der Waals surface area contributed by atoms with Crippen LogP contribution in [0.1, 0.15) is 19.3 Å². The zero-order valence-electron chi connectivity index (χ0n) is 10.7. The molecule has 2 rings (SSSR count). The van der Waals surface area contributed by atoms with Crippen molar-refractivity contribution in [3.05, 3.63) is 0 Å². The lowest BCUT2D eigenvalue weighted by atomic mass is 9.87. The summed E-state index contributed by atoms with van der Waals surface area (Å²) in [7, 11) is -3.26. The van der Waals surface area contributed by atoms with Crippen molar-refractivity contribution < 1.29 is 18.3 Å². The van der Waals surface area contributed by atoms with Crippen LogP contribution in [0, 0.1) is 0 Å². The second-order valence-electron chi connectivity index (χ2n) is 5.13. The molecule has 1 aliphatic carbocycles. The summed E-state index contributed by atoms with van der Waals surface area (Å²) in [6.45, 7) is 3.00. The molecule has 0 unspecified atom stereocenters. The van der Waals surface area contributed by atoms with Crippen molar-refractivity contribution in [3.63, 3.8) is 0 Å². The van der Waals surface area contributed by atoms with Gasteiger partial charge in [0.15, 0.2) is 0 Å². The van der Waals surface area contributed by atoms with Crippen LogP contribution in [0.25, 0.3) is 0 Å². The number of ether oxygens (including phenoxy) is 1. The summed E-state index contributed by atoms with van der Waals surface area (Å²) in [4.78, 5) is 2.21. The molecule has 0 amide bonds. The molecule has 3 atom stereocenters. The first kappa shape index (κ1) is 14.2. The van der Waals surface area contributed by atoms with Crippen LogP contribution in [0.2, 0.25) is 0 Å². The molecule has 0 aromatic heterocycles. The third-order valence-electron chi connectivity index (χ3n) is 3.70. The highest BCUT2D eigenvalue weighted by Crippen LogP contribution is 2.24. The van der Waals surface area contributed by atoms with Gasteiger partial charge in [0.1, 0.15) is 0 Å². The molecule has 1 saturated heterocycles. The summed E-state index contributed by atoms with van der Waals surface area (Å²) < 4.78 is 30.4. The van der Waals surface area contributed by atoms with Crippen LogP contribution in [0.4, 0.5) is 0 Å². The monoisotopic (exact) mass is 278 g/mol. The van der Waals surface area contributed by atoms with Crippen molar-refractivity contribution in [2.24, 2.45) is 0 Å². The molecular formula is C11H22N2O4S. The van der Waals surface area contributed by atoms with Crippen molar-refractivity contribution in [3.8, 4) is 0 Å². The van der Waals surface area contributed by atoms with Crippen LogP contribution < -0.4 is 4.72 Å². The average molecular weight is 278 g/mol. The van der Waals surface area contributed by atoms with E-state index in [4.69, 9.17) is 4.74 Å². The maximum absolute atomic E-state index is 11.3. The number of rotatable bonds is 3. The molecule has 6 nitrogen and oxygen atoms in total. The number of hydrogen-bond donors (Lipinski definition) is 2. The Labute approximate surface area is 108 Å². The van der Waals surface area contributed by atoms with Crippen LogP contribution in [0.15, 0.2) is 0 Å². The molecule has 0 aromatic carbocycles. The molecule has 0 aromatic rings. The lowest BCUT2D eigenvalue weighted by Gasteiger charge is -2.42. The molecule has 7 heteroatoms. The highest BCUT2D eigenvalue weighted by molar-refractivity contribution is 7.88. The molecule has 0 radical (unpaired) electrons. The van der Waals surface area contributed by atoms with Crippen molar-refractivity contribution >= 4 is 10.0 Å². The number of nitrogens with zero attached hydrogens (tertiary/aromatic N) is 1. The molecule has 2 N–H and O–H groups in total. The molecule has 2 fully saturated rings. The molecule has 1 aliphatic heterocycles. The van der Waals surface area contributed by atoms with Crippen molar-refractivity contribution in [1.29, 1.82) is 0 Å². The Morgan fingerprint density at radius 2 is 1.94 bits per heavy atom. The van der Waals surface area contributed by atoms with Gasteiger partial charge in [0.05, 0.1) is 25.6 Å². The number of aliphatic hydroxyl groups excluding tert-OH is 1. The van der Waals surface area contributed by atoms with Gasteiger partial charge in [-0.15, -0.1) is 0 Å². The van der Waals surface area contributed by atoms with Crippen LogP contribution >= 0.6 is 0 Å². The van der Waals surface area contributed by atoms with E-state index in [2.05, 4.69) is 9.62 Å². The Morgan fingerprint density at radius 1 is 1.28 bits per heavy atom. The summed E-state index contributed by atoms with van der Waals surface area (Å²) >= 11 is 0. The number of sulfonamides is 1. The van der Waals surface area contributed by atoms with Crippen molar-refractivity contribution in [2.75, 3.05) is 32.6 Å². The standard InChI is InChI=1S/C11H22N2O4S/c1-18(15,16)12-9-3-2-4-10(11(9)14)13-5-7-17-8-6-13/h9-12,14H,2-8H2,1H3/t9-,10+,11+/m1/s1. The van der Waals surface area contributed by atoms with Gasteiger partial charge in [0.25, 0.3) is 0 Å². The molecule has 1 saturated carbocycles. The van der Waals surface area contributed by atoms with Crippen LogP contribution in [-0.2, 0) is 14.8 Å². The SMILES string of the molecule is CS(=O)(=O)N[C@@H]1CCC[C@H](N2CCOCC2)[C@H]1O. The summed E-state index contributed by atoms with van der Waals surface area (Å²) in [5.41, 5.74) is 0. The minimum atomic E-state index is -3.26. The van der Waals surface area contributed by atoms with Gasteiger partial charge in [-0.3, -0.25) is 4.90 Å². The van der Waals surface area contributed by atoms with Gasteiger partial charge in [0.2, 0.25) is 10.0 Å². The van der Waals surface area contributed by atoms with E-state index in [0.29, 0.717) is 19.6 Å². The molecule has 106 valence electrons. The first-order chi connectivity index (χ1) is 8.47. The van der Waals surface area contributed by atoms with E-state index in [1.165, 1.54) is 0 Å². The van der Waals surface area contributed by atoms with Crippen molar-refractivity contribution in [1.82, 2.24) is 9.62 Å². The highest BCUT2D eigenvalue weighted by Gasteiger charge is 2.36. The number of nitrogens with one attached hydrogen (secondary N) is 1. The first-order valence-corrected chi connectivity index (χ1v) is 8.34. The van der Waals surface area contributed by atoms with Gasteiger partial charge in [-0.05, 0) is 12.8 Å². The molecular weight excluding hydrogens is 256 g/mol. The van der Waals surface area contributed by atoms with E-state index >= 15 is 0 Å². The fraction of sp³-hybridized carbons (Fsp3) is 1.00. The lowest BCUT2D eigenvalue weighted by Crippen LogP contribution is -2.58. The van der Waals surface area contributed by atoms with E-state index in [1.807, 2.05) is 0 Å². The Kier molecular flexibility index (Phi) is 4.60. The summed E-state index contributed by atoms with van der Waals surface area (Å²) in [6, 6.07) is -0.316. The normalized spacial score (nSPS) is 35.6. The fourth-order valence-corrected chi connectivity index (χ4v) is 3.68. The Balaban J connectivity index is 1.99. The summed E-state index contributed by atoms with van der Waals surface area (Å²) in [5, 5.41) is 10.3. The summed E-state index contributed by atoms with van der Waals surface area (Å²) in [5.74, 6) is 0. The number of morpholine rings is 1. The molecule has 0 spiro atoms. The topological polar surface area (TPSA) is 78.9 Å². The second-order valence-corrected chi connectivity index (χ2v) is 6.91. The third kappa shape index (κ3) is 3.64. The zero-order valence-corrected chi connectivity index (χ0v) is 11.5. The number of aliphatic hydroxyl groups is 1. The molecule has 0 bridgehead atoms. The molecule has 18 heavy (non-hydrogen) atoms. The summed E-state index contributed by atoms with van der Waals surface area (Å²) in [6.07, 6.45) is 3.06. The molecule has 1 heterocycles. The second kappa shape index (κ2) is 5.83. The van der Waals surface area contributed by atoms with E-state index in [9.17, 15) is 13.5 Å². The maximum Gasteiger partial charge on any atom is 0.209 e. The van der Waals surface area contributed by atoms with Gasteiger partial charge in [-0.25, -0.2) is 13.1 Å². The van der Waals surface area contributed by atoms with Crippen LogP contribution in [-0.4, -0.2) is 69.2 Å². The quantitative estimate of drug-likeness (QED) is 0.703. The Bertz CT molecular complexity index is 367. The average Bonchev–Trinajstić information content (AvgIpc) is 2.31. The maximum atomic E-state index is 11.3. The predicted octanol–water partition coefficient (Wildman–Crippen LogP) is -0.850.